The van der Waals surface area contributed by atoms with Crippen molar-refractivity contribution in [3.05, 3.63) is 45.1 Å². The zero-order valence-electron chi connectivity index (χ0n) is 11.4. The lowest BCUT2D eigenvalue weighted by Crippen LogP contribution is -2.02. The third-order valence-corrected chi connectivity index (χ3v) is 4.19. The third-order valence-electron chi connectivity index (χ3n) is 3.04. The average Bonchev–Trinajstić information content (AvgIpc) is 2.77. The van der Waals surface area contributed by atoms with Crippen LogP contribution in [0.3, 0.4) is 0 Å². The number of benzene rings is 1. The van der Waals surface area contributed by atoms with E-state index >= 15 is 0 Å². The summed E-state index contributed by atoms with van der Waals surface area (Å²) in [5.41, 5.74) is 1.67. The molecular weight excluding hydrogens is 260 g/mol. The Balaban J connectivity index is 2.47. The lowest BCUT2D eigenvalue weighted by Gasteiger charge is -2.08. The van der Waals surface area contributed by atoms with Gasteiger partial charge in [0.25, 0.3) is 0 Å². The maximum Gasteiger partial charge on any atom is 0.206 e. The van der Waals surface area contributed by atoms with Crippen LogP contribution in [-0.4, -0.2) is 20.0 Å². The topological polar surface area (TPSA) is 35.5 Å². The molecule has 1 aromatic carbocycles. The van der Waals surface area contributed by atoms with Gasteiger partial charge in [-0.25, -0.2) is 0 Å². The van der Waals surface area contributed by atoms with Crippen molar-refractivity contribution in [2.24, 2.45) is 0 Å². The van der Waals surface area contributed by atoms with Gasteiger partial charge < -0.3 is 9.47 Å². The highest BCUT2D eigenvalue weighted by atomic mass is 32.1. The van der Waals surface area contributed by atoms with Crippen molar-refractivity contribution in [1.82, 2.24) is 0 Å². The number of carbonyl (C=O) groups is 1. The second-order valence-electron chi connectivity index (χ2n) is 4.25. The number of ether oxygens (including phenoxy) is 2. The Morgan fingerprint density at radius 2 is 1.84 bits per heavy atom. The van der Waals surface area contributed by atoms with Crippen LogP contribution in [0.25, 0.3) is 0 Å². The van der Waals surface area contributed by atoms with Gasteiger partial charge in [-0.2, -0.15) is 0 Å². The van der Waals surface area contributed by atoms with Crippen molar-refractivity contribution in [3.63, 3.8) is 0 Å². The first-order valence-electron chi connectivity index (χ1n) is 5.90. The van der Waals surface area contributed by atoms with E-state index in [1.165, 1.54) is 11.3 Å². The first-order valence-corrected chi connectivity index (χ1v) is 6.72. The molecule has 19 heavy (non-hydrogen) atoms. The number of hydrogen-bond donors (Lipinski definition) is 0. The number of carbonyl (C=O) groups excluding carboxylic acids is 1. The summed E-state index contributed by atoms with van der Waals surface area (Å²) in [7, 11) is 3.14. The number of methoxy groups -OCH3 is 2. The van der Waals surface area contributed by atoms with Crippen LogP contribution in [0, 0.1) is 13.8 Å². The zero-order valence-corrected chi connectivity index (χ0v) is 12.3. The van der Waals surface area contributed by atoms with Crippen LogP contribution in [0.1, 0.15) is 25.7 Å². The van der Waals surface area contributed by atoms with Gasteiger partial charge in [0.2, 0.25) is 5.78 Å². The van der Waals surface area contributed by atoms with E-state index in [1.54, 1.807) is 32.4 Å². The maximum absolute atomic E-state index is 12.5. The van der Waals surface area contributed by atoms with E-state index in [4.69, 9.17) is 9.47 Å². The Morgan fingerprint density at radius 1 is 1.11 bits per heavy atom. The van der Waals surface area contributed by atoms with E-state index in [1.807, 2.05) is 19.9 Å². The molecule has 2 aromatic rings. The summed E-state index contributed by atoms with van der Waals surface area (Å²) in [4.78, 5) is 14.4. The van der Waals surface area contributed by atoms with Crippen molar-refractivity contribution in [3.8, 4) is 11.5 Å². The molecule has 2 rings (SSSR count). The Labute approximate surface area is 116 Å². The molecule has 0 radical (unpaired) electrons. The minimum Gasteiger partial charge on any atom is -0.497 e. The van der Waals surface area contributed by atoms with Gasteiger partial charge in [-0.3, -0.25) is 4.79 Å². The number of aryl methyl sites for hydroxylation is 2. The third kappa shape index (κ3) is 2.63. The smallest absolute Gasteiger partial charge is 0.206 e. The van der Waals surface area contributed by atoms with Crippen molar-refractivity contribution >= 4 is 17.1 Å². The molecule has 3 nitrogen and oxygen atoms in total. The highest BCUT2D eigenvalue weighted by molar-refractivity contribution is 7.14. The van der Waals surface area contributed by atoms with Crippen LogP contribution in [0.15, 0.2) is 24.3 Å². The molecule has 0 spiro atoms. The number of hydrogen-bond acceptors (Lipinski definition) is 4. The summed E-state index contributed by atoms with van der Waals surface area (Å²) in [5.74, 6) is 1.18. The minimum atomic E-state index is -0.0306. The van der Waals surface area contributed by atoms with Crippen LogP contribution in [0.5, 0.6) is 11.5 Å². The first kappa shape index (κ1) is 13.6. The van der Waals surface area contributed by atoms with E-state index in [9.17, 15) is 4.79 Å². The van der Waals surface area contributed by atoms with Gasteiger partial charge in [0, 0.05) is 4.88 Å². The number of ketones is 1. The first-order chi connectivity index (χ1) is 9.06. The fourth-order valence-corrected chi connectivity index (χ4v) is 2.80. The molecule has 0 saturated carbocycles. The predicted octanol–water partition coefficient (Wildman–Crippen LogP) is 3.61. The molecule has 4 heteroatoms. The van der Waals surface area contributed by atoms with E-state index in [-0.39, 0.29) is 5.78 Å². The van der Waals surface area contributed by atoms with E-state index < -0.39 is 0 Å². The van der Waals surface area contributed by atoms with Crippen LogP contribution in [0.2, 0.25) is 0 Å². The lowest BCUT2D eigenvalue weighted by molar-refractivity contribution is 0.103. The van der Waals surface area contributed by atoms with Gasteiger partial charge in [0.1, 0.15) is 11.5 Å². The largest absolute Gasteiger partial charge is 0.497 e. The van der Waals surface area contributed by atoms with E-state index in [0.717, 1.165) is 15.3 Å². The molecule has 0 aliphatic rings. The average molecular weight is 276 g/mol. The fraction of sp³-hybridized carbons (Fsp3) is 0.267. The molecule has 1 aromatic heterocycles. The van der Waals surface area contributed by atoms with Crippen molar-refractivity contribution < 1.29 is 14.3 Å². The molecule has 0 fully saturated rings. The maximum atomic E-state index is 12.5. The van der Waals surface area contributed by atoms with Crippen LogP contribution < -0.4 is 9.47 Å². The van der Waals surface area contributed by atoms with Gasteiger partial charge in [0.15, 0.2) is 0 Å². The molecule has 0 saturated heterocycles. The van der Waals surface area contributed by atoms with Gasteiger partial charge in [0.05, 0.1) is 24.7 Å². The zero-order chi connectivity index (χ0) is 14.0. The molecule has 0 aliphatic carbocycles. The highest BCUT2D eigenvalue weighted by Gasteiger charge is 2.18. The SMILES string of the molecule is COc1ccc(OC)c(C(=O)c2cc(C)c(C)s2)c1. The molecule has 0 amide bonds. The van der Waals surface area contributed by atoms with E-state index in [2.05, 4.69) is 0 Å². The Bertz CT molecular complexity index is 594. The summed E-state index contributed by atoms with van der Waals surface area (Å²) < 4.78 is 10.4. The summed E-state index contributed by atoms with van der Waals surface area (Å²) >= 11 is 1.50. The Hall–Kier alpha value is -1.81. The fourth-order valence-electron chi connectivity index (χ4n) is 1.81. The van der Waals surface area contributed by atoms with Crippen molar-refractivity contribution in [1.29, 1.82) is 0 Å². The van der Waals surface area contributed by atoms with Crippen LogP contribution >= 0.6 is 11.3 Å². The second-order valence-corrected chi connectivity index (χ2v) is 5.50. The molecule has 0 unspecified atom stereocenters. The Morgan fingerprint density at radius 3 is 2.37 bits per heavy atom. The standard InChI is InChI=1S/C15H16O3S/c1-9-7-14(19-10(9)2)15(16)12-8-11(17-3)5-6-13(12)18-4/h5-8H,1-4H3. The molecule has 0 bridgehead atoms. The quantitative estimate of drug-likeness (QED) is 0.800. The molecule has 0 N–H and O–H groups in total. The monoisotopic (exact) mass is 276 g/mol. The van der Waals surface area contributed by atoms with Crippen molar-refractivity contribution in [2.45, 2.75) is 13.8 Å². The van der Waals surface area contributed by atoms with Gasteiger partial charge in [-0.15, -0.1) is 11.3 Å². The summed E-state index contributed by atoms with van der Waals surface area (Å²) in [6.45, 7) is 4.02. The second kappa shape index (κ2) is 5.45. The highest BCUT2D eigenvalue weighted by Crippen LogP contribution is 2.29. The van der Waals surface area contributed by atoms with Gasteiger partial charge in [-0.1, -0.05) is 0 Å². The Kier molecular flexibility index (Phi) is 3.90. The predicted molar refractivity (Wildman–Crippen MR) is 76.8 cm³/mol. The van der Waals surface area contributed by atoms with Gasteiger partial charge in [-0.05, 0) is 43.7 Å². The minimum absolute atomic E-state index is 0.0306. The van der Waals surface area contributed by atoms with Crippen LogP contribution in [0.4, 0.5) is 0 Å². The van der Waals surface area contributed by atoms with Crippen LogP contribution in [-0.2, 0) is 0 Å². The molecule has 0 atom stereocenters. The molecule has 100 valence electrons. The summed E-state index contributed by atoms with van der Waals surface area (Å²) in [5, 5.41) is 0. The molecular formula is C15H16O3S. The molecule has 0 aliphatic heterocycles. The summed E-state index contributed by atoms with van der Waals surface area (Å²) in [6, 6.07) is 7.16. The number of thiophene rings is 1. The van der Waals surface area contributed by atoms with Gasteiger partial charge >= 0.3 is 0 Å². The lowest BCUT2D eigenvalue weighted by atomic mass is 10.1. The van der Waals surface area contributed by atoms with Crippen molar-refractivity contribution in [2.75, 3.05) is 14.2 Å². The normalized spacial score (nSPS) is 10.3. The number of rotatable bonds is 4. The van der Waals surface area contributed by atoms with E-state index in [0.29, 0.717) is 17.1 Å². The summed E-state index contributed by atoms with van der Waals surface area (Å²) in [6.07, 6.45) is 0. The molecule has 1 heterocycles.